The molecule has 0 radical (unpaired) electrons. The van der Waals surface area contributed by atoms with E-state index in [4.69, 9.17) is 14.9 Å². The highest BCUT2D eigenvalue weighted by Gasteiger charge is 2.22. The maximum Gasteiger partial charge on any atom is 0.198 e. The van der Waals surface area contributed by atoms with Crippen molar-refractivity contribution in [2.45, 2.75) is 18.9 Å². The van der Waals surface area contributed by atoms with Crippen LogP contribution in [-0.2, 0) is 6.42 Å². The second-order valence-electron chi connectivity index (χ2n) is 4.32. The number of aliphatic hydroxyl groups is 1. The highest BCUT2D eigenvalue weighted by atomic mass is 16.5. The number of fused-ring (bicyclic) bond motifs is 1. The first-order valence-electron chi connectivity index (χ1n) is 5.40. The molecule has 0 amide bonds. The minimum Gasteiger partial charge on any atom is -0.497 e. The Hall–Kier alpha value is -1.59. The molecule has 0 spiro atoms. The van der Waals surface area contributed by atoms with Crippen molar-refractivity contribution < 1.29 is 14.3 Å². The van der Waals surface area contributed by atoms with E-state index in [2.05, 4.69) is 4.98 Å². The third-order valence-electron chi connectivity index (χ3n) is 2.61. The number of hydrogen-bond donors (Lipinski definition) is 2. The van der Waals surface area contributed by atoms with Gasteiger partial charge in [0.2, 0.25) is 0 Å². The smallest absolute Gasteiger partial charge is 0.198 e. The zero-order chi connectivity index (χ0) is 12.5. The number of aromatic nitrogens is 1. The Kier molecular flexibility index (Phi) is 3.04. The predicted molar refractivity (Wildman–Crippen MR) is 63.9 cm³/mol. The standard InChI is InChI=1S/C12H16N2O3/c1-12(15,7-13)6-11-14-9-5-8(16-2)3-4-10(9)17-11/h3-5,15H,6-7,13H2,1-2H3. The van der Waals surface area contributed by atoms with Crippen molar-refractivity contribution in [3.05, 3.63) is 24.1 Å². The summed E-state index contributed by atoms with van der Waals surface area (Å²) in [6.07, 6.45) is 0.292. The summed E-state index contributed by atoms with van der Waals surface area (Å²) in [5.41, 5.74) is 5.85. The summed E-state index contributed by atoms with van der Waals surface area (Å²) < 4.78 is 10.6. The number of nitrogens with zero attached hydrogens (tertiary/aromatic N) is 1. The number of ether oxygens (including phenoxy) is 1. The highest BCUT2D eigenvalue weighted by Crippen LogP contribution is 2.23. The maximum absolute atomic E-state index is 9.85. The predicted octanol–water partition coefficient (Wildman–Crippen LogP) is 1.09. The van der Waals surface area contributed by atoms with Crippen LogP contribution in [0.15, 0.2) is 22.6 Å². The lowest BCUT2D eigenvalue weighted by Crippen LogP contribution is -2.36. The molecule has 1 atom stereocenters. The fraction of sp³-hybridized carbons (Fsp3) is 0.417. The molecule has 1 heterocycles. The third-order valence-corrected chi connectivity index (χ3v) is 2.61. The first-order valence-corrected chi connectivity index (χ1v) is 5.40. The van der Waals surface area contributed by atoms with Crippen LogP contribution in [0.25, 0.3) is 11.1 Å². The molecular weight excluding hydrogens is 220 g/mol. The molecule has 0 aliphatic rings. The van der Waals surface area contributed by atoms with Gasteiger partial charge in [-0.25, -0.2) is 4.98 Å². The number of hydrogen-bond acceptors (Lipinski definition) is 5. The summed E-state index contributed by atoms with van der Waals surface area (Å²) in [6, 6.07) is 5.39. The van der Waals surface area contributed by atoms with Crippen molar-refractivity contribution in [2.75, 3.05) is 13.7 Å². The fourth-order valence-corrected chi connectivity index (χ4v) is 1.56. The molecule has 0 aliphatic heterocycles. The van der Waals surface area contributed by atoms with Gasteiger partial charge in [-0.2, -0.15) is 0 Å². The molecule has 0 saturated carbocycles. The van der Waals surface area contributed by atoms with E-state index in [9.17, 15) is 5.11 Å². The van der Waals surface area contributed by atoms with E-state index < -0.39 is 5.60 Å². The van der Waals surface area contributed by atoms with Crippen LogP contribution in [0.5, 0.6) is 5.75 Å². The fourth-order valence-electron chi connectivity index (χ4n) is 1.56. The number of methoxy groups -OCH3 is 1. The first-order chi connectivity index (χ1) is 8.04. The molecule has 3 N–H and O–H groups in total. The van der Waals surface area contributed by atoms with Crippen molar-refractivity contribution >= 4 is 11.1 Å². The van der Waals surface area contributed by atoms with Gasteiger partial charge in [-0.05, 0) is 19.1 Å². The molecule has 1 aromatic heterocycles. The molecule has 0 fully saturated rings. The van der Waals surface area contributed by atoms with Gasteiger partial charge in [0.25, 0.3) is 0 Å². The average Bonchev–Trinajstić information content (AvgIpc) is 2.68. The maximum atomic E-state index is 9.85. The molecule has 0 aliphatic carbocycles. The Labute approximate surface area is 99.2 Å². The van der Waals surface area contributed by atoms with Crippen LogP contribution in [0.1, 0.15) is 12.8 Å². The summed E-state index contributed by atoms with van der Waals surface area (Å²) in [6.45, 7) is 1.82. The Balaban J connectivity index is 2.31. The number of nitrogens with two attached hydrogens (primary N) is 1. The largest absolute Gasteiger partial charge is 0.497 e. The van der Waals surface area contributed by atoms with Crippen LogP contribution in [0.3, 0.4) is 0 Å². The van der Waals surface area contributed by atoms with E-state index in [0.29, 0.717) is 23.4 Å². The molecule has 2 rings (SSSR count). The van der Waals surface area contributed by atoms with Gasteiger partial charge in [-0.1, -0.05) is 0 Å². The normalized spacial score (nSPS) is 14.8. The van der Waals surface area contributed by atoms with Gasteiger partial charge >= 0.3 is 0 Å². The Bertz CT molecular complexity index is 519. The van der Waals surface area contributed by atoms with E-state index in [1.807, 2.05) is 0 Å². The van der Waals surface area contributed by atoms with Gasteiger partial charge < -0.3 is 20.0 Å². The Morgan fingerprint density at radius 1 is 1.53 bits per heavy atom. The molecule has 2 aromatic rings. The summed E-state index contributed by atoms with van der Waals surface area (Å²) in [7, 11) is 1.60. The van der Waals surface area contributed by atoms with Crippen molar-refractivity contribution in [1.29, 1.82) is 0 Å². The van der Waals surface area contributed by atoms with Gasteiger partial charge in [-0.15, -0.1) is 0 Å². The Morgan fingerprint density at radius 2 is 2.29 bits per heavy atom. The molecule has 17 heavy (non-hydrogen) atoms. The minimum absolute atomic E-state index is 0.162. The van der Waals surface area contributed by atoms with Gasteiger partial charge in [0.15, 0.2) is 11.5 Å². The van der Waals surface area contributed by atoms with Crippen LogP contribution in [0.2, 0.25) is 0 Å². The molecule has 0 saturated heterocycles. The second-order valence-corrected chi connectivity index (χ2v) is 4.32. The number of oxazole rings is 1. The van der Waals surface area contributed by atoms with Crippen molar-refractivity contribution in [1.82, 2.24) is 4.98 Å². The van der Waals surface area contributed by atoms with E-state index in [1.165, 1.54) is 0 Å². The molecule has 1 unspecified atom stereocenters. The number of rotatable bonds is 4. The van der Waals surface area contributed by atoms with Crippen LogP contribution in [0, 0.1) is 0 Å². The monoisotopic (exact) mass is 236 g/mol. The lowest BCUT2D eigenvalue weighted by Gasteiger charge is -2.18. The van der Waals surface area contributed by atoms with Crippen LogP contribution in [0.4, 0.5) is 0 Å². The van der Waals surface area contributed by atoms with Crippen LogP contribution >= 0.6 is 0 Å². The lowest BCUT2D eigenvalue weighted by atomic mass is 10.0. The van der Waals surface area contributed by atoms with Crippen molar-refractivity contribution in [3.63, 3.8) is 0 Å². The van der Waals surface area contributed by atoms with E-state index >= 15 is 0 Å². The van der Waals surface area contributed by atoms with Gasteiger partial charge in [-0.3, -0.25) is 0 Å². The van der Waals surface area contributed by atoms with Gasteiger partial charge in [0, 0.05) is 12.6 Å². The third kappa shape index (κ3) is 2.57. The summed E-state index contributed by atoms with van der Waals surface area (Å²) >= 11 is 0. The van der Waals surface area contributed by atoms with Gasteiger partial charge in [0.1, 0.15) is 11.3 Å². The zero-order valence-electron chi connectivity index (χ0n) is 9.93. The molecule has 0 bridgehead atoms. The zero-order valence-corrected chi connectivity index (χ0v) is 9.93. The summed E-state index contributed by atoms with van der Waals surface area (Å²) in [4.78, 5) is 4.29. The van der Waals surface area contributed by atoms with Crippen LogP contribution in [-0.4, -0.2) is 29.3 Å². The molecule has 1 aromatic carbocycles. The van der Waals surface area contributed by atoms with E-state index in [1.54, 1.807) is 32.2 Å². The highest BCUT2D eigenvalue weighted by molar-refractivity contribution is 5.74. The quantitative estimate of drug-likeness (QED) is 0.830. The summed E-state index contributed by atoms with van der Waals surface area (Å²) in [5.74, 6) is 1.20. The van der Waals surface area contributed by atoms with Gasteiger partial charge in [0.05, 0.1) is 19.1 Å². The van der Waals surface area contributed by atoms with Crippen LogP contribution < -0.4 is 10.5 Å². The number of benzene rings is 1. The first kappa shape index (κ1) is 11.9. The van der Waals surface area contributed by atoms with Crippen molar-refractivity contribution in [2.24, 2.45) is 5.73 Å². The van der Waals surface area contributed by atoms with Crippen molar-refractivity contribution in [3.8, 4) is 5.75 Å². The summed E-state index contributed by atoms with van der Waals surface area (Å²) in [5, 5.41) is 9.85. The topological polar surface area (TPSA) is 81.5 Å². The van der Waals surface area contributed by atoms with E-state index in [0.717, 1.165) is 5.75 Å². The average molecular weight is 236 g/mol. The second kappa shape index (κ2) is 4.35. The Morgan fingerprint density at radius 3 is 2.94 bits per heavy atom. The SMILES string of the molecule is COc1ccc2oc(CC(C)(O)CN)nc2c1. The molecule has 92 valence electrons. The molecule has 5 heteroatoms. The van der Waals surface area contributed by atoms with E-state index in [-0.39, 0.29) is 6.54 Å². The minimum atomic E-state index is -0.995. The lowest BCUT2D eigenvalue weighted by molar-refractivity contribution is 0.0632. The molecule has 5 nitrogen and oxygen atoms in total. The molecular formula is C12H16N2O3.